The Hall–Kier alpha value is -2.94. The lowest BCUT2D eigenvalue weighted by molar-refractivity contribution is -0.119. The van der Waals surface area contributed by atoms with Gasteiger partial charge in [-0.15, -0.1) is 0 Å². The zero-order valence-electron chi connectivity index (χ0n) is 15.4. The molecule has 0 aliphatic heterocycles. The van der Waals surface area contributed by atoms with Crippen LogP contribution < -0.4 is 9.73 Å². The molecule has 3 aromatic rings. The topological polar surface area (TPSA) is 91.7 Å². The minimum atomic E-state index is -4.02. The fraction of sp³-hybridized carbons (Fsp3) is 0.0500. The van der Waals surface area contributed by atoms with Gasteiger partial charge in [0, 0.05) is 11.8 Å². The number of aromatic nitrogens is 1. The third-order valence-corrected chi connectivity index (χ3v) is 6.33. The molecule has 0 bridgehead atoms. The Morgan fingerprint density at radius 1 is 1.00 bits per heavy atom. The first-order valence-corrected chi connectivity index (χ1v) is 10.8. The maximum atomic E-state index is 13.1. The van der Waals surface area contributed by atoms with Crippen molar-refractivity contribution >= 4 is 51.2 Å². The number of sulfonamides is 1. The van der Waals surface area contributed by atoms with Gasteiger partial charge >= 0.3 is 0 Å². The molecular weight excluding hydrogens is 447 g/mol. The van der Waals surface area contributed by atoms with Crippen LogP contribution in [-0.2, 0) is 14.8 Å². The maximum absolute atomic E-state index is 13.1. The molecule has 10 heteroatoms. The molecule has 0 radical (unpaired) electrons. The third-order valence-electron chi connectivity index (χ3n) is 3.91. The van der Waals surface area contributed by atoms with E-state index in [0.717, 1.165) is 4.31 Å². The summed E-state index contributed by atoms with van der Waals surface area (Å²) < 4.78 is 27.1. The highest BCUT2D eigenvalue weighted by Crippen LogP contribution is 2.22. The number of rotatable bonds is 7. The number of hydrogen-bond donors (Lipinski definition) is 1. The molecule has 0 fully saturated rings. The summed E-state index contributed by atoms with van der Waals surface area (Å²) in [4.78, 5) is 16.5. The lowest BCUT2D eigenvalue weighted by atomic mass is 10.2. The molecule has 7 nitrogen and oxygen atoms in total. The Kier molecular flexibility index (Phi) is 7.04. The average Bonchev–Trinajstić information content (AvgIpc) is 2.75. The van der Waals surface area contributed by atoms with Gasteiger partial charge in [-0.2, -0.15) is 5.10 Å². The van der Waals surface area contributed by atoms with Crippen LogP contribution in [0.15, 0.2) is 82.9 Å². The van der Waals surface area contributed by atoms with Gasteiger partial charge in [0.05, 0.1) is 21.2 Å². The van der Waals surface area contributed by atoms with Gasteiger partial charge in [0.1, 0.15) is 12.4 Å². The van der Waals surface area contributed by atoms with E-state index in [-0.39, 0.29) is 10.7 Å². The van der Waals surface area contributed by atoms with Crippen LogP contribution in [0.4, 0.5) is 5.82 Å². The van der Waals surface area contributed by atoms with Crippen LogP contribution in [0.3, 0.4) is 0 Å². The van der Waals surface area contributed by atoms with Crippen molar-refractivity contribution in [3.63, 3.8) is 0 Å². The van der Waals surface area contributed by atoms with Gasteiger partial charge in [-0.1, -0.05) is 53.5 Å². The molecule has 3 rings (SSSR count). The Morgan fingerprint density at radius 3 is 2.30 bits per heavy atom. The number of benzene rings is 2. The molecule has 30 heavy (non-hydrogen) atoms. The van der Waals surface area contributed by atoms with Crippen molar-refractivity contribution in [3.05, 3.63) is 88.5 Å². The molecule has 0 aliphatic rings. The van der Waals surface area contributed by atoms with Crippen LogP contribution in [0.25, 0.3) is 0 Å². The van der Waals surface area contributed by atoms with E-state index in [4.69, 9.17) is 23.2 Å². The van der Waals surface area contributed by atoms with Crippen LogP contribution in [0, 0.1) is 0 Å². The number of halogens is 2. The van der Waals surface area contributed by atoms with Crippen LogP contribution in [0.1, 0.15) is 5.56 Å². The molecule has 1 aromatic heterocycles. The Bertz CT molecular complexity index is 1140. The first-order chi connectivity index (χ1) is 14.4. The smallest absolute Gasteiger partial charge is 0.265 e. The summed E-state index contributed by atoms with van der Waals surface area (Å²) in [6.45, 7) is -0.526. The normalized spacial score (nSPS) is 11.4. The third kappa shape index (κ3) is 5.15. The van der Waals surface area contributed by atoms with Gasteiger partial charge in [0.15, 0.2) is 0 Å². The number of nitrogens with zero attached hydrogens (tertiary/aromatic N) is 3. The van der Waals surface area contributed by atoms with Gasteiger partial charge in [-0.05, 0) is 36.4 Å². The van der Waals surface area contributed by atoms with E-state index in [1.54, 1.807) is 48.5 Å². The molecule has 0 saturated carbocycles. The monoisotopic (exact) mass is 462 g/mol. The van der Waals surface area contributed by atoms with Crippen LogP contribution in [0.5, 0.6) is 0 Å². The first kappa shape index (κ1) is 21.8. The standard InChI is InChI=1S/C20H16Cl2N4O3S/c21-17-9-6-10-18(22)16(17)13-24-25-20(27)14-26(19-11-4-5-12-23-19)30(28,29)15-7-2-1-3-8-15/h1-13H,14H2,(H,25,27)/b24-13+. The minimum Gasteiger partial charge on any atom is -0.271 e. The van der Waals surface area contributed by atoms with Gasteiger partial charge < -0.3 is 0 Å². The van der Waals surface area contributed by atoms with Crippen molar-refractivity contribution in [2.45, 2.75) is 4.90 Å². The van der Waals surface area contributed by atoms with Gasteiger partial charge in [0.25, 0.3) is 15.9 Å². The average molecular weight is 463 g/mol. The molecule has 0 spiro atoms. The second-order valence-corrected chi connectivity index (χ2v) is 8.62. The molecule has 1 N–H and O–H groups in total. The molecule has 1 amide bonds. The number of amides is 1. The van der Waals surface area contributed by atoms with E-state index in [2.05, 4.69) is 15.5 Å². The predicted molar refractivity (Wildman–Crippen MR) is 117 cm³/mol. The molecule has 0 atom stereocenters. The fourth-order valence-corrected chi connectivity index (χ4v) is 4.37. The number of nitrogens with one attached hydrogen (secondary N) is 1. The number of carbonyl (C=O) groups excluding carboxylic acids is 1. The molecule has 0 aliphatic carbocycles. The summed E-state index contributed by atoms with van der Waals surface area (Å²) in [6, 6.07) is 17.5. The Labute approximate surface area is 184 Å². The summed E-state index contributed by atoms with van der Waals surface area (Å²) in [5, 5.41) is 4.56. The van der Waals surface area contributed by atoms with E-state index in [9.17, 15) is 13.2 Å². The Morgan fingerprint density at radius 2 is 1.67 bits per heavy atom. The first-order valence-electron chi connectivity index (χ1n) is 8.64. The van der Waals surface area contributed by atoms with Crippen molar-refractivity contribution in [1.29, 1.82) is 0 Å². The van der Waals surface area contributed by atoms with Crippen LogP contribution >= 0.6 is 23.2 Å². The van der Waals surface area contributed by atoms with E-state index in [0.29, 0.717) is 15.6 Å². The van der Waals surface area contributed by atoms with Crippen LogP contribution in [-0.4, -0.2) is 32.1 Å². The number of hydrazone groups is 1. The van der Waals surface area contributed by atoms with Gasteiger partial charge in [-0.3, -0.25) is 4.79 Å². The second-order valence-electron chi connectivity index (χ2n) is 5.94. The minimum absolute atomic E-state index is 0.0369. The van der Waals surface area contributed by atoms with Crippen molar-refractivity contribution in [1.82, 2.24) is 10.4 Å². The molecule has 2 aromatic carbocycles. The zero-order chi connectivity index (χ0) is 21.6. The van der Waals surface area contributed by atoms with Gasteiger partial charge in [0.2, 0.25) is 0 Å². The summed E-state index contributed by atoms with van der Waals surface area (Å²) in [7, 11) is -4.02. The number of hydrogen-bond acceptors (Lipinski definition) is 5. The summed E-state index contributed by atoms with van der Waals surface area (Å²) >= 11 is 12.1. The van der Waals surface area contributed by atoms with Crippen LogP contribution in [0.2, 0.25) is 10.0 Å². The summed E-state index contributed by atoms with van der Waals surface area (Å²) in [5.74, 6) is -0.561. The van der Waals surface area contributed by atoms with E-state index in [1.807, 2.05) is 0 Å². The molecular formula is C20H16Cl2N4O3S. The van der Waals surface area contributed by atoms with E-state index < -0.39 is 22.5 Å². The highest BCUT2D eigenvalue weighted by molar-refractivity contribution is 7.92. The molecule has 1 heterocycles. The molecule has 0 saturated heterocycles. The molecule has 0 unspecified atom stereocenters. The fourth-order valence-electron chi connectivity index (χ4n) is 2.48. The number of carbonyl (C=O) groups is 1. The SMILES string of the molecule is O=C(CN(c1ccccn1)S(=O)(=O)c1ccccc1)N/N=C/c1c(Cl)cccc1Cl. The summed E-state index contributed by atoms with van der Waals surface area (Å²) in [5.41, 5.74) is 2.72. The Balaban J connectivity index is 1.82. The predicted octanol–water partition coefficient (Wildman–Crippen LogP) is 3.73. The second kappa shape index (κ2) is 9.71. The van der Waals surface area contributed by atoms with Crippen molar-refractivity contribution in [3.8, 4) is 0 Å². The highest BCUT2D eigenvalue weighted by atomic mass is 35.5. The van der Waals surface area contributed by atoms with E-state index >= 15 is 0 Å². The maximum Gasteiger partial charge on any atom is 0.265 e. The van der Waals surface area contributed by atoms with Gasteiger partial charge in [-0.25, -0.2) is 23.1 Å². The van der Waals surface area contributed by atoms with Crippen molar-refractivity contribution in [2.75, 3.05) is 10.8 Å². The largest absolute Gasteiger partial charge is 0.271 e. The van der Waals surface area contributed by atoms with E-state index in [1.165, 1.54) is 30.6 Å². The summed E-state index contributed by atoms with van der Waals surface area (Å²) in [6.07, 6.45) is 2.73. The number of anilines is 1. The molecule has 154 valence electrons. The quantitative estimate of drug-likeness (QED) is 0.427. The van der Waals surface area contributed by atoms with Crippen molar-refractivity contribution < 1.29 is 13.2 Å². The number of pyridine rings is 1. The zero-order valence-corrected chi connectivity index (χ0v) is 17.8. The highest BCUT2D eigenvalue weighted by Gasteiger charge is 2.27. The lowest BCUT2D eigenvalue weighted by Gasteiger charge is -2.22. The lowest BCUT2D eigenvalue weighted by Crippen LogP contribution is -2.40. The van der Waals surface area contributed by atoms with Crippen molar-refractivity contribution in [2.24, 2.45) is 5.10 Å².